The van der Waals surface area contributed by atoms with Crippen molar-refractivity contribution < 1.29 is 14.3 Å². The van der Waals surface area contributed by atoms with Crippen LogP contribution in [0.5, 0.6) is 11.5 Å². The van der Waals surface area contributed by atoms with Gasteiger partial charge in [-0.25, -0.2) is 0 Å². The molecule has 112 valence electrons. The normalized spacial score (nSPS) is 21.8. The third-order valence-corrected chi connectivity index (χ3v) is 3.46. The molecule has 1 saturated heterocycles. The van der Waals surface area contributed by atoms with Crippen molar-refractivity contribution in [3.05, 3.63) is 22.7 Å². The lowest BCUT2D eigenvalue weighted by Crippen LogP contribution is -2.26. The van der Waals surface area contributed by atoms with Gasteiger partial charge in [-0.15, -0.1) is 0 Å². The van der Waals surface area contributed by atoms with Crippen molar-refractivity contribution in [3.63, 3.8) is 0 Å². The fraction of sp³-hybridized carbons (Fsp3) is 0.429. The second-order valence-electron chi connectivity index (χ2n) is 5.39. The predicted octanol–water partition coefficient (Wildman–Crippen LogP) is 1.84. The lowest BCUT2D eigenvalue weighted by atomic mass is 10.1. The van der Waals surface area contributed by atoms with Gasteiger partial charge in [0.25, 0.3) is 5.91 Å². The summed E-state index contributed by atoms with van der Waals surface area (Å²) < 4.78 is 10.6. The molecule has 0 radical (unpaired) electrons. The van der Waals surface area contributed by atoms with Crippen LogP contribution in [0.1, 0.15) is 25.5 Å². The van der Waals surface area contributed by atoms with Crippen molar-refractivity contribution in [2.45, 2.75) is 19.9 Å². The number of carbonyl (C=O) groups excluding carboxylic acids is 1. The van der Waals surface area contributed by atoms with Gasteiger partial charge in [-0.3, -0.25) is 15.1 Å². The van der Waals surface area contributed by atoms with Crippen molar-refractivity contribution in [3.8, 4) is 11.5 Å². The SMILES string of the molecule is CC(C)CN=C1NC(=O)C(c2cc(Cl)c3c(c2)OCO3)N1. The molecule has 6 nitrogen and oxygen atoms in total. The van der Waals surface area contributed by atoms with Crippen LogP contribution in [-0.4, -0.2) is 25.2 Å². The zero-order chi connectivity index (χ0) is 15.0. The van der Waals surface area contributed by atoms with Crippen LogP contribution in [0.2, 0.25) is 5.02 Å². The van der Waals surface area contributed by atoms with Gasteiger partial charge in [0.05, 0.1) is 5.02 Å². The molecule has 3 rings (SSSR count). The molecule has 0 aliphatic carbocycles. The highest BCUT2D eigenvalue weighted by molar-refractivity contribution is 6.32. The Balaban J connectivity index is 1.83. The summed E-state index contributed by atoms with van der Waals surface area (Å²) in [5.74, 6) is 1.84. The first-order chi connectivity index (χ1) is 10.0. The van der Waals surface area contributed by atoms with E-state index in [9.17, 15) is 4.79 Å². The van der Waals surface area contributed by atoms with E-state index in [2.05, 4.69) is 29.5 Å². The number of halogens is 1. The van der Waals surface area contributed by atoms with Crippen LogP contribution in [0.3, 0.4) is 0 Å². The largest absolute Gasteiger partial charge is 0.454 e. The zero-order valence-electron chi connectivity index (χ0n) is 11.8. The van der Waals surface area contributed by atoms with Crippen molar-refractivity contribution in [2.75, 3.05) is 13.3 Å². The first kappa shape index (κ1) is 14.0. The van der Waals surface area contributed by atoms with E-state index in [0.29, 0.717) is 34.9 Å². The summed E-state index contributed by atoms with van der Waals surface area (Å²) >= 11 is 6.15. The Morgan fingerprint density at radius 1 is 1.43 bits per heavy atom. The van der Waals surface area contributed by atoms with Crippen molar-refractivity contribution in [1.82, 2.24) is 10.6 Å². The molecule has 7 heteroatoms. The van der Waals surface area contributed by atoms with E-state index in [1.165, 1.54) is 0 Å². The first-order valence-corrected chi connectivity index (χ1v) is 7.13. The zero-order valence-corrected chi connectivity index (χ0v) is 12.5. The minimum Gasteiger partial charge on any atom is -0.454 e. The Kier molecular flexibility index (Phi) is 3.63. The highest BCUT2D eigenvalue weighted by Crippen LogP contribution is 2.41. The fourth-order valence-electron chi connectivity index (χ4n) is 2.17. The van der Waals surface area contributed by atoms with E-state index < -0.39 is 6.04 Å². The minimum absolute atomic E-state index is 0.143. The number of guanidine groups is 1. The smallest absolute Gasteiger partial charge is 0.253 e. The Labute approximate surface area is 127 Å². The molecular weight excluding hydrogens is 294 g/mol. The van der Waals surface area contributed by atoms with Crippen LogP contribution in [0.4, 0.5) is 0 Å². The van der Waals surface area contributed by atoms with E-state index in [1.807, 2.05) is 0 Å². The summed E-state index contributed by atoms with van der Waals surface area (Å²) in [5, 5.41) is 6.23. The van der Waals surface area contributed by atoms with Crippen LogP contribution < -0.4 is 20.1 Å². The summed E-state index contributed by atoms with van der Waals surface area (Å²) in [6.07, 6.45) is 0. The molecule has 1 aromatic carbocycles. The van der Waals surface area contributed by atoms with E-state index >= 15 is 0 Å². The van der Waals surface area contributed by atoms with E-state index in [0.717, 1.165) is 5.56 Å². The Hall–Kier alpha value is -1.95. The number of ether oxygens (including phenoxy) is 2. The van der Waals surface area contributed by atoms with Crippen LogP contribution in [0, 0.1) is 5.92 Å². The van der Waals surface area contributed by atoms with Gasteiger partial charge in [0, 0.05) is 6.54 Å². The second kappa shape index (κ2) is 5.44. The monoisotopic (exact) mass is 309 g/mol. The van der Waals surface area contributed by atoms with Gasteiger partial charge >= 0.3 is 0 Å². The molecule has 1 fully saturated rings. The van der Waals surface area contributed by atoms with Gasteiger partial charge < -0.3 is 14.8 Å². The Morgan fingerprint density at radius 2 is 2.24 bits per heavy atom. The highest BCUT2D eigenvalue weighted by atomic mass is 35.5. The molecule has 2 aliphatic rings. The molecule has 1 atom stereocenters. The van der Waals surface area contributed by atoms with Crippen LogP contribution >= 0.6 is 11.6 Å². The highest BCUT2D eigenvalue weighted by Gasteiger charge is 2.32. The number of aliphatic imine (C=N–C) groups is 1. The molecule has 2 heterocycles. The lowest BCUT2D eigenvalue weighted by Gasteiger charge is -2.10. The van der Waals surface area contributed by atoms with Crippen LogP contribution in [0.15, 0.2) is 17.1 Å². The molecule has 0 aromatic heterocycles. The number of fused-ring (bicyclic) bond motifs is 1. The third-order valence-electron chi connectivity index (χ3n) is 3.18. The van der Waals surface area contributed by atoms with Crippen molar-refractivity contribution in [1.29, 1.82) is 0 Å². The van der Waals surface area contributed by atoms with Crippen LogP contribution in [0.25, 0.3) is 0 Å². The topological polar surface area (TPSA) is 72.0 Å². The van der Waals surface area contributed by atoms with Crippen LogP contribution in [-0.2, 0) is 4.79 Å². The molecule has 2 N–H and O–H groups in total. The number of hydrogen-bond donors (Lipinski definition) is 2. The molecule has 0 spiro atoms. The van der Waals surface area contributed by atoms with Crippen molar-refractivity contribution >= 4 is 23.5 Å². The molecule has 0 saturated carbocycles. The molecular formula is C14H16ClN3O3. The maximum Gasteiger partial charge on any atom is 0.253 e. The molecule has 1 amide bonds. The van der Waals surface area contributed by atoms with Gasteiger partial charge in [0.1, 0.15) is 6.04 Å². The summed E-state index contributed by atoms with van der Waals surface area (Å²) in [5.41, 5.74) is 0.719. The molecule has 1 aromatic rings. The summed E-state index contributed by atoms with van der Waals surface area (Å²) in [6.45, 7) is 4.92. The summed E-state index contributed by atoms with van der Waals surface area (Å²) in [6, 6.07) is 2.94. The number of carbonyl (C=O) groups is 1. The Bertz CT molecular complexity index is 616. The second-order valence-corrected chi connectivity index (χ2v) is 5.79. The number of nitrogens with zero attached hydrogens (tertiary/aromatic N) is 1. The van der Waals surface area contributed by atoms with Gasteiger partial charge in [-0.2, -0.15) is 0 Å². The lowest BCUT2D eigenvalue weighted by molar-refractivity contribution is -0.120. The number of benzene rings is 1. The van der Waals surface area contributed by atoms with Crippen molar-refractivity contribution in [2.24, 2.45) is 10.9 Å². The quantitative estimate of drug-likeness (QED) is 0.893. The molecule has 2 aliphatic heterocycles. The molecule has 0 bridgehead atoms. The standard InChI is InChI=1S/C14H16ClN3O3/c1-7(2)5-16-14-17-11(13(19)18-14)8-3-9(15)12-10(4-8)20-6-21-12/h3-4,7,11H,5-6H2,1-2H3,(H2,16,17,18,19). The maximum atomic E-state index is 12.1. The summed E-state index contributed by atoms with van der Waals surface area (Å²) in [7, 11) is 0. The number of nitrogens with one attached hydrogen (secondary N) is 2. The maximum absolute atomic E-state index is 12.1. The molecule has 21 heavy (non-hydrogen) atoms. The predicted molar refractivity (Wildman–Crippen MR) is 78.7 cm³/mol. The van der Waals surface area contributed by atoms with E-state index in [4.69, 9.17) is 21.1 Å². The average molecular weight is 310 g/mol. The summed E-state index contributed by atoms with van der Waals surface area (Å²) in [4.78, 5) is 16.4. The van der Waals surface area contributed by atoms with E-state index in [1.54, 1.807) is 12.1 Å². The number of rotatable bonds is 3. The van der Waals surface area contributed by atoms with Gasteiger partial charge in [-0.1, -0.05) is 25.4 Å². The van der Waals surface area contributed by atoms with E-state index in [-0.39, 0.29) is 12.7 Å². The van der Waals surface area contributed by atoms with Gasteiger partial charge in [-0.05, 0) is 23.6 Å². The average Bonchev–Trinajstić information content (AvgIpc) is 3.02. The van der Waals surface area contributed by atoms with Gasteiger partial charge in [0.15, 0.2) is 17.5 Å². The third kappa shape index (κ3) is 2.76. The van der Waals surface area contributed by atoms with Gasteiger partial charge in [0.2, 0.25) is 6.79 Å². The number of hydrogen-bond acceptors (Lipinski definition) is 4. The number of amides is 1. The Morgan fingerprint density at radius 3 is 3.00 bits per heavy atom. The fourth-order valence-corrected chi connectivity index (χ4v) is 2.45. The minimum atomic E-state index is -0.525. The first-order valence-electron chi connectivity index (χ1n) is 6.75. The molecule has 1 unspecified atom stereocenters.